The van der Waals surface area contributed by atoms with Crippen molar-refractivity contribution >= 4 is 40.9 Å². The summed E-state index contributed by atoms with van der Waals surface area (Å²) in [7, 11) is 1.61. The second-order valence-electron chi connectivity index (χ2n) is 11.9. The number of alkyl halides is 1. The molecule has 1 saturated heterocycles. The van der Waals surface area contributed by atoms with E-state index in [1.807, 2.05) is 32.6 Å². The van der Waals surface area contributed by atoms with Crippen molar-refractivity contribution in [3.05, 3.63) is 64.2 Å². The van der Waals surface area contributed by atoms with Gasteiger partial charge in [-0.25, -0.2) is 27.5 Å². The molecule has 2 bridgehead atoms. The van der Waals surface area contributed by atoms with E-state index >= 15 is 8.78 Å². The molecular weight excluding hydrogens is 611 g/mol. The van der Waals surface area contributed by atoms with E-state index in [4.69, 9.17) is 4.74 Å². The predicted molar refractivity (Wildman–Crippen MR) is 178 cm³/mol. The molecule has 10 nitrogen and oxygen atoms in total. The SMILES string of the molecule is C=N/C1=C(\C(=N/C)C(C)C)n2c(=O)nc(N3C[C@@H](C)N(C(=O)/C=C/CF)C[C@@H]3C)c3cc(F)c(nc32)-c2c(F)cccc2OCCC1. The van der Waals surface area contributed by atoms with Crippen LogP contribution in [0.1, 0.15) is 40.5 Å². The number of piperazine rings is 1. The van der Waals surface area contributed by atoms with Gasteiger partial charge >= 0.3 is 5.69 Å². The number of allylic oxidation sites excluding steroid dienone is 3. The van der Waals surface area contributed by atoms with Crippen molar-refractivity contribution < 1.29 is 22.7 Å². The Morgan fingerprint density at radius 1 is 1.17 bits per heavy atom. The highest BCUT2D eigenvalue weighted by Crippen LogP contribution is 2.38. The van der Waals surface area contributed by atoms with Crippen LogP contribution in [0.2, 0.25) is 0 Å². The van der Waals surface area contributed by atoms with E-state index in [0.29, 0.717) is 29.9 Å². The fourth-order valence-electron chi connectivity index (χ4n) is 6.25. The third kappa shape index (κ3) is 6.30. The second kappa shape index (κ2) is 13.9. The van der Waals surface area contributed by atoms with E-state index < -0.39 is 24.0 Å². The van der Waals surface area contributed by atoms with Gasteiger partial charge < -0.3 is 14.5 Å². The highest BCUT2D eigenvalue weighted by molar-refractivity contribution is 6.21. The van der Waals surface area contributed by atoms with Crippen LogP contribution in [-0.2, 0) is 4.79 Å². The van der Waals surface area contributed by atoms with Crippen LogP contribution in [0.25, 0.3) is 28.0 Å². The minimum atomic E-state index is -0.843. The number of benzene rings is 1. The lowest BCUT2D eigenvalue weighted by molar-refractivity contribution is -0.128. The molecule has 5 rings (SSSR count). The average Bonchev–Trinajstić information content (AvgIpc) is 3.03. The number of nitrogens with zero attached hydrogens (tertiary/aromatic N) is 7. The van der Waals surface area contributed by atoms with Crippen molar-refractivity contribution in [3.63, 3.8) is 0 Å². The van der Waals surface area contributed by atoms with Crippen molar-refractivity contribution in [1.82, 2.24) is 19.4 Å². The van der Waals surface area contributed by atoms with Crippen LogP contribution in [0.5, 0.6) is 5.75 Å². The lowest BCUT2D eigenvalue weighted by Gasteiger charge is -2.44. The summed E-state index contributed by atoms with van der Waals surface area (Å²) in [4.78, 5) is 48.5. The first-order valence-corrected chi connectivity index (χ1v) is 15.5. The van der Waals surface area contributed by atoms with E-state index in [1.165, 1.54) is 28.8 Å². The van der Waals surface area contributed by atoms with E-state index in [2.05, 4.69) is 26.7 Å². The molecule has 248 valence electrons. The molecule has 1 amide bonds. The maximum Gasteiger partial charge on any atom is 0.355 e. The molecule has 0 unspecified atom stereocenters. The monoisotopic (exact) mass is 649 g/mol. The van der Waals surface area contributed by atoms with Gasteiger partial charge in [-0.2, -0.15) is 4.98 Å². The standard InChI is InChI=1S/C34H38F3N7O3/c1-19(2)29(39-6)31-25(38-5)11-9-15-47-26-12-7-10-23(36)28(26)30-24(37)16-22-32(41-34(46)44(31)33(22)40-30)43-18-20(3)42(17-21(43)4)27(45)13-8-14-35/h7-8,10,12-13,16,19-21H,5,9,11,14-15,17-18H2,1-4,6H3/b13-8+,31-25+,39-29-/t20-,21+/m1/s1. The molecule has 13 heteroatoms. The van der Waals surface area contributed by atoms with E-state index in [-0.39, 0.29) is 77.5 Å². The number of carbonyl (C=O) groups excluding carboxylic acids is 1. The Morgan fingerprint density at radius 3 is 2.62 bits per heavy atom. The number of fused-ring (bicyclic) bond motifs is 3. The molecule has 47 heavy (non-hydrogen) atoms. The third-order valence-corrected chi connectivity index (χ3v) is 8.44. The van der Waals surface area contributed by atoms with Crippen LogP contribution in [0.15, 0.2) is 56.9 Å². The van der Waals surface area contributed by atoms with Gasteiger partial charge in [-0.15, -0.1) is 0 Å². The van der Waals surface area contributed by atoms with Crippen molar-refractivity contribution in [2.75, 3.05) is 38.3 Å². The predicted octanol–water partition coefficient (Wildman–Crippen LogP) is 5.46. The number of anilines is 1. The zero-order valence-corrected chi connectivity index (χ0v) is 27.1. The van der Waals surface area contributed by atoms with Crippen LogP contribution in [-0.4, -0.2) is 83.3 Å². The molecule has 4 heterocycles. The smallest absolute Gasteiger partial charge is 0.355 e. The summed E-state index contributed by atoms with van der Waals surface area (Å²) in [6.07, 6.45) is 3.11. The number of aliphatic imine (C=N–C) groups is 2. The van der Waals surface area contributed by atoms with Gasteiger partial charge in [-0.3, -0.25) is 14.8 Å². The van der Waals surface area contributed by atoms with Gasteiger partial charge in [-0.1, -0.05) is 19.9 Å². The Kier molecular flexibility index (Phi) is 9.92. The average molecular weight is 650 g/mol. The highest BCUT2D eigenvalue weighted by Gasteiger charge is 2.35. The summed E-state index contributed by atoms with van der Waals surface area (Å²) in [6, 6.07) is 4.68. The molecule has 0 aliphatic carbocycles. The zero-order valence-electron chi connectivity index (χ0n) is 27.1. The maximum atomic E-state index is 16.3. The zero-order chi connectivity index (χ0) is 34.0. The number of hydrogen-bond donors (Lipinski definition) is 0. The normalized spacial score (nSPS) is 20.7. The fourth-order valence-corrected chi connectivity index (χ4v) is 6.25. The van der Waals surface area contributed by atoms with Gasteiger partial charge in [0.15, 0.2) is 11.5 Å². The first-order valence-electron chi connectivity index (χ1n) is 15.5. The molecule has 0 N–H and O–H groups in total. The van der Waals surface area contributed by atoms with E-state index in [0.717, 1.165) is 6.08 Å². The fraction of sp³-hybridized carbons (Fsp3) is 0.412. The lowest BCUT2D eigenvalue weighted by Crippen LogP contribution is -2.58. The maximum absolute atomic E-state index is 16.3. The van der Waals surface area contributed by atoms with Crippen LogP contribution >= 0.6 is 0 Å². The number of aromatic nitrogens is 3. The summed E-state index contributed by atoms with van der Waals surface area (Å²) in [6.45, 7) is 11.2. The molecule has 2 aliphatic heterocycles. The number of carbonyl (C=O) groups is 1. The Bertz CT molecular complexity index is 1870. The first kappa shape index (κ1) is 33.6. The minimum Gasteiger partial charge on any atom is -0.493 e. The second-order valence-corrected chi connectivity index (χ2v) is 11.9. The van der Waals surface area contributed by atoms with Gasteiger partial charge in [0, 0.05) is 38.3 Å². The van der Waals surface area contributed by atoms with E-state index in [9.17, 15) is 14.0 Å². The summed E-state index contributed by atoms with van der Waals surface area (Å²) in [5.41, 5.74) is 0.0979. The molecule has 0 radical (unpaired) electrons. The summed E-state index contributed by atoms with van der Waals surface area (Å²) >= 11 is 0. The Balaban J connectivity index is 1.84. The molecular formula is C34H38F3N7O3. The van der Waals surface area contributed by atoms with Crippen molar-refractivity contribution in [2.24, 2.45) is 15.9 Å². The molecule has 2 aliphatic rings. The third-order valence-electron chi connectivity index (χ3n) is 8.44. The number of rotatable bonds is 6. The topological polar surface area (TPSA) is 105 Å². The lowest BCUT2D eigenvalue weighted by atomic mass is 10.0. The quantitative estimate of drug-likeness (QED) is 0.260. The first-order chi connectivity index (χ1) is 22.5. The molecule has 1 fully saturated rings. The van der Waals surface area contributed by atoms with Gasteiger partial charge in [0.1, 0.15) is 29.8 Å². The largest absolute Gasteiger partial charge is 0.493 e. The number of ether oxygens (including phenoxy) is 1. The summed E-state index contributed by atoms with van der Waals surface area (Å²) in [5, 5.41) is 0.193. The van der Waals surface area contributed by atoms with Crippen LogP contribution < -0.4 is 15.3 Å². The molecule has 3 aromatic rings. The van der Waals surface area contributed by atoms with Crippen LogP contribution in [0.4, 0.5) is 19.0 Å². The molecule has 0 saturated carbocycles. The van der Waals surface area contributed by atoms with Crippen molar-refractivity contribution in [3.8, 4) is 17.0 Å². The van der Waals surface area contributed by atoms with Crippen molar-refractivity contribution in [1.29, 1.82) is 0 Å². The molecule has 1 aromatic carbocycles. The molecule has 2 aromatic heterocycles. The van der Waals surface area contributed by atoms with Crippen molar-refractivity contribution in [2.45, 2.75) is 52.6 Å². The highest BCUT2D eigenvalue weighted by atomic mass is 19.1. The number of pyridine rings is 1. The number of halogens is 3. The summed E-state index contributed by atoms with van der Waals surface area (Å²) < 4.78 is 51.6. The van der Waals surface area contributed by atoms with Gasteiger partial charge in [-0.05, 0) is 63.6 Å². The molecule has 2 atom stereocenters. The van der Waals surface area contributed by atoms with E-state index in [1.54, 1.807) is 18.0 Å². The Hall–Kier alpha value is -4.81. The van der Waals surface area contributed by atoms with Gasteiger partial charge in [0.2, 0.25) is 5.91 Å². The number of hydrogen-bond acceptors (Lipinski definition) is 8. The van der Waals surface area contributed by atoms with Gasteiger partial charge in [0.05, 0.1) is 34.7 Å². The number of amides is 1. The Morgan fingerprint density at radius 2 is 1.94 bits per heavy atom. The Labute approximate surface area is 271 Å². The molecule has 0 spiro atoms. The van der Waals surface area contributed by atoms with Gasteiger partial charge in [0.25, 0.3) is 0 Å². The van der Waals surface area contributed by atoms with Crippen LogP contribution in [0, 0.1) is 17.6 Å². The van der Waals surface area contributed by atoms with Crippen LogP contribution in [0.3, 0.4) is 0 Å². The minimum absolute atomic E-state index is 0.0216. The summed E-state index contributed by atoms with van der Waals surface area (Å²) in [5.74, 6) is -1.82.